The van der Waals surface area contributed by atoms with E-state index in [1.807, 2.05) is 13.8 Å². The van der Waals surface area contributed by atoms with Gasteiger partial charge in [-0.25, -0.2) is 9.69 Å². The highest BCUT2D eigenvalue weighted by molar-refractivity contribution is 6.02. The van der Waals surface area contributed by atoms with Gasteiger partial charge in [0.1, 0.15) is 6.54 Å². The van der Waals surface area contributed by atoms with E-state index in [1.54, 1.807) is 13.0 Å². The van der Waals surface area contributed by atoms with Crippen LogP contribution in [0, 0.1) is 40.9 Å². The molecule has 1 heterocycles. The second kappa shape index (κ2) is 7.05. The number of urea groups is 1. The van der Waals surface area contributed by atoms with Crippen LogP contribution in [-0.2, 0) is 14.3 Å². The third-order valence-corrected chi connectivity index (χ3v) is 4.84. The number of hydrogen-bond acceptors (Lipinski definition) is 5. The molecule has 1 aliphatic carbocycles. The molecule has 2 fully saturated rings. The first-order valence-electron chi connectivity index (χ1n) is 8.12. The van der Waals surface area contributed by atoms with Crippen molar-refractivity contribution in [3.05, 3.63) is 23.8 Å². The van der Waals surface area contributed by atoms with E-state index in [2.05, 4.69) is 18.6 Å². The average molecular weight is 355 g/mol. The van der Waals surface area contributed by atoms with Crippen LogP contribution in [0.15, 0.2) is 23.8 Å². The summed E-state index contributed by atoms with van der Waals surface area (Å²) >= 11 is 0. The maximum Gasteiger partial charge on any atom is 0.330 e. The molecule has 0 aromatic carbocycles. The Morgan fingerprint density at radius 3 is 2.69 bits per heavy atom. The van der Waals surface area contributed by atoms with Gasteiger partial charge in [-0.2, -0.15) is 5.26 Å². The highest BCUT2D eigenvalue weighted by Gasteiger charge is 2.61. The van der Waals surface area contributed by atoms with Crippen molar-refractivity contribution in [1.29, 1.82) is 5.26 Å². The number of ether oxygens (including phenoxy) is 1. The molecular formula is C19H21N3O4. The van der Waals surface area contributed by atoms with Gasteiger partial charge in [0, 0.05) is 0 Å². The summed E-state index contributed by atoms with van der Waals surface area (Å²) in [5.41, 5.74) is 0.695. The van der Waals surface area contributed by atoms with Crippen LogP contribution >= 0.6 is 0 Å². The van der Waals surface area contributed by atoms with Crippen molar-refractivity contribution in [3.63, 3.8) is 0 Å². The van der Waals surface area contributed by atoms with Gasteiger partial charge in [-0.05, 0) is 23.8 Å². The fourth-order valence-electron chi connectivity index (χ4n) is 3.07. The predicted octanol–water partition coefficient (Wildman–Crippen LogP) is 1.68. The number of carbonyl (C=O) groups excluding carboxylic acids is 3. The molecule has 7 nitrogen and oxygen atoms in total. The lowest BCUT2D eigenvalue weighted by molar-refractivity contribution is -0.151. The van der Waals surface area contributed by atoms with Gasteiger partial charge < -0.3 is 9.64 Å². The Bertz CT molecular complexity index is 782. The summed E-state index contributed by atoms with van der Waals surface area (Å²) in [4.78, 5) is 38.4. The molecule has 1 saturated carbocycles. The third kappa shape index (κ3) is 3.48. The van der Waals surface area contributed by atoms with Crippen LogP contribution < -0.4 is 0 Å². The lowest BCUT2D eigenvalue weighted by Gasteiger charge is -2.15. The first kappa shape index (κ1) is 19.3. The molecule has 0 N–H and O–H groups in total. The maximum absolute atomic E-state index is 12.4. The second-order valence-corrected chi connectivity index (χ2v) is 7.05. The summed E-state index contributed by atoms with van der Waals surface area (Å²) in [7, 11) is 0. The van der Waals surface area contributed by atoms with E-state index in [0.717, 1.165) is 4.90 Å². The minimum Gasteiger partial charge on any atom is -0.443 e. The summed E-state index contributed by atoms with van der Waals surface area (Å²) in [6, 6.07) is 1.50. The lowest BCUT2D eigenvalue weighted by Crippen LogP contribution is -2.36. The third-order valence-electron chi connectivity index (χ3n) is 4.84. The minimum absolute atomic E-state index is 0.0232. The quantitative estimate of drug-likeness (QED) is 0.238. The number of allylic oxidation sites excluding steroid dienone is 3. The summed E-state index contributed by atoms with van der Waals surface area (Å²) in [6.45, 7) is 8.73. The van der Waals surface area contributed by atoms with E-state index in [-0.39, 0.29) is 24.4 Å². The van der Waals surface area contributed by atoms with E-state index in [1.165, 1.54) is 4.90 Å². The summed E-state index contributed by atoms with van der Waals surface area (Å²) in [6.07, 6.45) is 6.89. The normalized spacial score (nSPS) is 24.1. The number of carbonyl (C=O) groups is 3. The lowest BCUT2D eigenvalue weighted by atomic mass is 10.0. The van der Waals surface area contributed by atoms with E-state index in [0.29, 0.717) is 11.1 Å². The first-order valence-corrected chi connectivity index (χ1v) is 8.12. The highest BCUT2D eigenvalue weighted by Crippen LogP contribution is 2.60. The van der Waals surface area contributed by atoms with Crippen molar-refractivity contribution in [2.75, 3.05) is 19.8 Å². The minimum atomic E-state index is -0.568. The molecule has 0 aromatic rings. The van der Waals surface area contributed by atoms with E-state index in [4.69, 9.17) is 16.4 Å². The van der Waals surface area contributed by atoms with Crippen LogP contribution in [0.25, 0.3) is 0 Å². The number of nitrogens with zero attached hydrogens (tertiary/aromatic N) is 3. The number of amides is 3. The fourth-order valence-corrected chi connectivity index (χ4v) is 3.07. The Kier molecular flexibility index (Phi) is 5.22. The summed E-state index contributed by atoms with van der Waals surface area (Å²) in [5.74, 6) is 0.727. The Balaban J connectivity index is 2.00. The smallest absolute Gasteiger partial charge is 0.330 e. The van der Waals surface area contributed by atoms with Crippen molar-refractivity contribution in [2.24, 2.45) is 17.3 Å². The molecular weight excluding hydrogens is 334 g/mol. The highest BCUT2D eigenvalue weighted by atomic mass is 16.5. The topological polar surface area (TPSA) is 90.7 Å². The van der Waals surface area contributed by atoms with Crippen LogP contribution in [0.2, 0.25) is 0 Å². The second-order valence-electron chi connectivity index (χ2n) is 7.05. The molecule has 0 bridgehead atoms. The summed E-state index contributed by atoms with van der Waals surface area (Å²) in [5, 5.41) is 9.15. The largest absolute Gasteiger partial charge is 0.443 e. The number of imide groups is 1. The molecule has 2 atom stereocenters. The van der Waals surface area contributed by atoms with Gasteiger partial charge in [-0.1, -0.05) is 32.4 Å². The van der Waals surface area contributed by atoms with Crippen molar-refractivity contribution in [3.8, 4) is 18.4 Å². The van der Waals surface area contributed by atoms with Crippen LogP contribution in [0.4, 0.5) is 4.79 Å². The molecule has 2 unspecified atom stereocenters. The van der Waals surface area contributed by atoms with Crippen LogP contribution in [0.3, 0.4) is 0 Å². The van der Waals surface area contributed by atoms with Gasteiger partial charge >= 0.3 is 12.0 Å². The zero-order valence-electron chi connectivity index (χ0n) is 15.1. The zero-order valence-corrected chi connectivity index (χ0v) is 15.1. The summed E-state index contributed by atoms with van der Waals surface area (Å²) < 4.78 is 5.19. The van der Waals surface area contributed by atoms with E-state index >= 15 is 0 Å². The van der Waals surface area contributed by atoms with E-state index < -0.39 is 30.6 Å². The Hall–Kier alpha value is -3.06. The molecule has 7 heteroatoms. The molecule has 26 heavy (non-hydrogen) atoms. The molecule has 2 rings (SSSR count). The number of rotatable bonds is 6. The predicted molar refractivity (Wildman–Crippen MR) is 92.9 cm³/mol. The standard InChI is InChI=1S/C19H21N3O4/c1-6-7-21-10-15(23)22(18(21)25)11-26-17(24)16-14(19(16,4)5)8-13(9-20)12(2)3/h1,8,14,16H,2,7,10-11H2,3-5H3/b13-8+. The molecule has 0 aromatic heterocycles. The van der Waals surface area contributed by atoms with Gasteiger partial charge in [0.2, 0.25) is 0 Å². The van der Waals surface area contributed by atoms with E-state index in [9.17, 15) is 14.4 Å². The molecule has 1 aliphatic heterocycles. The van der Waals surface area contributed by atoms with Gasteiger partial charge in [-0.15, -0.1) is 6.42 Å². The monoisotopic (exact) mass is 355 g/mol. The Morgan fingerprint density at radius 2 is 2.15 bits per heavy atom. The van der Waals surface area contributed by atoms with Gasteiger partial charge in [0.25, 0.3) is 5.91 Å². The number of terminal acetylenes is 1. The first-order chi connectivity index (χ1) is 12.1. The maximum atomic E-state index is 12.4. The van der Waals surface area contributed by atoms with Crippen molar-refractivity contribution >= 4 is 17.9 Å². The van der Waals surface area contributed by atoms with Gasteiger partial charge in [-0.3, -0.25) is 9.59 Å². The SMILES string of the molecule is C#CCN1CC(=O)N(COC(=O)C2C(/C=C(\C#N)C(=C)C)C2(C)C)C1=O. The number of hydrogen-bond donors (Lipinski definition) is 0. The van der Waals surface area contributed by atoms with Crippen LogP contribution in [0.5, 0.6) is 0 Å². The Labute approximate surface area is 152 Å². The van der Waals surface area contributed by atoms with Crippen LogP contribution in [-0.4, -0.2) is 47.5 Å². The average Bonchev–Trinajstić information content (AvgIpc) is 3.00. The van der Waals surface area contributed by atoms with Crippen molar-refractivity contribution in [2.45, 2.75) is 20.8 Å². The van der Waals surface area contributed by atoms with Crippen molar-refractivity contribution in [1.82, 2.24) is 9.80 Å². The van der Waals surface area contributed by atoms with Crippen molar-refractivity contribution < 1.29 is 19.1 Å². The molecule has 3 amide bonds. The number of esters is 1. The molecule has 0 radical (unpaired) electrons. The zero-order chi connectivity index (χ0) is 19.6. The molecule has 2 aliphatic rings. The van der Waals surface area contributed by atoms with Gasteiger partial charge in [0.15, 0.2) is 6.73 Å². The molecule has 1 saturated heterocycles. The van der Waals surface area contributed by atoms with Gasteiger partial charge in [0.05, 0.1) is 24.1 Å². The van der Waals surface area contributed by atoms with Crippen LogP contribution in [0.1, 0.15) is 20.8 Å². The Morgan fingerprint density at radius 1 is 1.50 bits per heavy atom. The number of nitriles is 1. The molecule has 0 spiro atoms. The molecule has 136 valence electrons. The fraction of sp³-hybridized carbons (Fsp3) is 0.474.